The third-order valence-corrected chi connectivity index (χ3v) is 5.47. The van der Waals surface area contributed by atoms with Gasteiger partial charge in [-0.1, -0.05) is 6.07 Å². The molecule has 2 aliphatic rings. The van der Waals surface area contributed by atoms with Crippen LogP contribution in [0.15, 0.2) is 22.7 Å². The molecular weight excluding hydrogens is 334 g/mol. The maximum Gasteiger partial charge on any atom is 0.283 e. The second-order valence-corrected chi connectivity index (χ2v) is 7.11. The predicted molar refractivity (Wildman–Crippen MR) is 85.2 cm³/mol. The lowest BCUT2D eigenvalue weighted by molar-refractivity contribution is -0.385. The minimum absolute atomic E-state index is 0.156. The van der Waals surface area contributed by atoms with Crippen molar-refractivity contribution in [1.82, 2.24) is 10.2 Å². The van der Waals surface area contributed by atoms with E-state index in [9.17, 15) is 10.1 Å². The van der Waals surface area contributed by atoms with Gasteiger partial charge >= 0.3 is 0 Å². The summed E-state index contributed by atoms with van der Waals surface area (Å²) in [5.74, 6) is 0. The number of nitro groups is 1. The van der Waals surface area contributed by atoms with Crippen molar-refractivity contribution in [2.45, 2.75) is 25.8 Å². The molecule has 2 fully saturated rings. The van der Waals surface area contributed by atoms with E-state index in [1.165, 1.54) is 19.3 Å². The van der Waals surface area contributed by atoms with Gasteiger partial charge in [-0.15, -0.1) is 0 Å². The van der Waals surface area contributed by atoms with Gasteiger partial charge < -0.3 is 5.32 Å². The number of nitrogens with one attached hydrogen (secondary N) is 1. The summed E-state index contributed by atoms with van der Waals surface area (Å²) in [6, 6.07) is 5.45. The second-order valence-electron chi connectivity index (χ2n) is 6.25. The fourth-order valence-electron chi connectivity index (χ4n) is 3.58. The van der Waals surface area contributed by atoms with Gasteiger partial charge in [-0.05, 0) is 71.9 Å². The van der Waals surface area contributed by atoms with Gasteiger partial charge in [-0.3, -0.25) is 15.0 Å². The van der Waals surface area contributed by atoms with Gasteiger partial charge in [-0.25, -0.2) is 0 Å². The molecule has 0 bridgehead atoms. The standard InChI is InChI=1S/C15H20BrN3O2/c16-13-2-1-12(9-14(13)19(20)21)10-18-8-5-15(11-18)3-6-17-7-4-15/h1-2,9,17H,3-8,10-11H2. The minimum Gasteiger partial charge on any atom is -0.317 e. The van der Waals surface area contributed by atoms with E-state index in [1.807, 2.05) is 6.07 Å². The molecule has 1 aromatic carbocycles. The molecule has 1 N–H and O–H groups in total. The lowest BCUT2D eigenvalue weighted by Gasteiger charge is -2.33. The third kappa shape index (κ3) is 3.27. The molecule has 1 aromatic rings. The van der Waals surface area contributed by atoms with Gasteiger partial charge in [0.05, 0.1) is 9.40 Å². The zero-order valence-electron chi connectivity index (χ0n) is 12.0. The SMILES string of the molecule is O=[N+]([O-])c1cc(CN2CCC3(CCNCC3)C2)ccc1Br. The first kappa shape index (κ1) is 14.9. The second kappa shape index (κ2) is 6.02. The Balaban J connectivity index is 1.67. The van der Waals surface area contributed by atoms with Crippen molar-refractivity contribution in [3.05, 3.63) is 38.3 Å². The molecule has 3 rings (SSSR count). The first-order chi connectivity index (χ1) is 10.1. The van der Waals surface area contributed by atoms with E-state index in [0.29, 0.717) is 9.89 Å². The van der Waals surface area contributed by atoms with Crippen LogP contribution in [0.25, 0.3) is 0 Å². The lowest BCUT2D eigenvalue weighted by atomic mass is 9.78. The van der Waals surface area contributed by atoms with E-state index in [4.69, 9.17) is 0 Å². The summed E-state index contributed by atoms with van der Waals surface area (Å²) in [5.41, 5.74) is 1.66. The Bertz CT molecular complexity index is 544. The van der Waals surface area contributed by atoms with Gasteiger partial charge in [0.1, 0.15) is 0 Å². The quantitative estimate of drug-likeness (QED) is 0.670. The maximum absolute atomic E-state index is 11.0. The highest BCUT2D eigenvalue weighted by atomic mass is 79.9. The lowest BCUT2D eigenvalue weighted by Crippen LogP contribution is -2.38. The van der Waals surface area contributed by atoms with Crippen molar-refractivity contribution in [2.24, 2.45) is 5.41 Å². The molecule has 0 radical (unpaired) electrons. The molecule has 2 saturated heterocycles. The molecule has 114 valence electrons. The molecule has 0 atom stereocenters. The molecule has 2 heterocycles. The van der Waals surface area contributed by atoms with Crippen molar-refractivity contribution >= 4 is 21.6 Å². The molecule has 6 heteroatoms. The fourth-order valence-corrected chi connectivity index (χ4v) is 3.97. The first-order valence-corrected chi connectivity index (χ1v) is 8.23. The number of nitrogens with zero attached hydrogens (tertiary/aromatic N) is 2. The highest BCUT2D eigenvalue weighted by molar-refractivity contribution is 9.10. The highest BCUT2D eigenvalue weighted by Crippen LogP contribution is 2.39. The zero-order valence-corrected chi connectivity index (χ0v) is 13.6. The molecular formula is C15H20BrN3O2. The van der Waals surface area contributed by atoms with Crippen molar-refractivity contribution in [3.8, 4) is 0 Å². The van der Waals surface area contributed by atoms with Crippen LogP contribution in [0.5, 0.6) is 0 Å². The summed E-state index contributed by atoms with van der Waals surface area (Å²) in [6.45, 7) is 5.28. The summed E-state index contributed by atoms with van der Waals surface area (Å²) in [5, 5.41) is 14.4. The molecule has 5 nitrogen and oxygen atoms in total. The summed E-state index contributed by atoms with van der Waals surface area (Å²) < 4.78 is 0.549. The van der Waals surface area contributed by atoms with Crippen LogP contribution < -0.4 is 5.32 Å². The maximum atomic E-state index is 11.0. The topological polar surface area (TPSA) is 58.4 Å². The average molecular weight is 354 g/mol. The largest absolute Gasteiger partial charge is 0.317 e. The Kier molecular flexibility index (Phi) is 4.28. The minimum atomic E-state index is -0.328. The van der Waals surface area contributed by atoms with Crippen molar-refractivity contribution in [3.63, 3.8) is 0 Å². The molecule has 0 aromatic heterocycles. The Hall–Kier alpha value is -0.980. The van der Waals surface area contributed by atoms with Gasteiger partial charge in [0, 0.05) is 19.2 Å². The molecule has 0 saturated carbocycles. The Morgan fingerprint density at radius 3 is 2.81 bits per heavy atom. The molecule has 2 aliphatic heterocycles. The number of nitro benzene ring substituents is 1. The zero-order chi connectivity index (χ0) is 14.9. The van der Waals surface area contributed by atoms with Crippen LogP contribution in [-0.2, 0) is 6.54 Å². The number of halogens is 1. The number of hydrogen-bond donors (Lipinski definition) is 1. The summed E-state index contributed by atoms with van der Waals surface area (Å²) >= 11 is 3.24. The Morgan fingerprint density at radius 1 is 1.33 bits per heavy atom. The molecule has 0 amide bonds. The summed E-state index contributed by atoms with van der Waals surface area (Å²) in [7, 11) is 0. The van der Waals surface area contributed by atoms with Gasteiger partial charge in [-0.2, -0.15) is 0 Å². The van der Waals surface area contributed by atoms with Crippen LogP contribution in [0.2, 0.25) is 0 Å². The molecule has 0 unspecified atom stereocenters. The van der Waals surface area contributed by atoms with E-state index < -0.39 is 0 Å². The number of piperidine rings is 1. The number of benzene rings is 1. The number of rotatable bonds is 3. The van der Waals surface area contributed by atoms with E-state index >= 15 is 0 Å². The van der Waals surface area contributed by atoms with Crippen LogP contribution in [-0.4, -0.2) is 36.0 Å². The fraction of sp³-hybridized carbons (Fsp3) is 0.600. The van der Waals surface area contributed by atoms with Gasteiger partial charge in [0.2, 0.25) is 0 Å². The predicted octanol–water partition coefficient (Wildman–Crippen LogP) is 2.93. The molecule has 1 spiro atoms. The first-order valence-electron chi connectivity index (χ1n) is 7.44. The third-order valence-electron chi connectivity index (χ3n) is 4.80. The average Bonchev–Trinajstić information content (AvgIpc) is 2.84. The molecule has 21 heavy (non-hydrogen) atoms. The summed E-state index contributed by atoms with van der Waals surface area (Å²) in [6.07, 6.45) is 3.77. The van der Waals surface area contributed by atoms with Crippen LogP contribution in [0.1, 0.15) is 24.8 Å². The van der Waals surface area contributed by atoms with E-state index in [0.717, 1.165) is 38.3 Å². The highest BCUT2D eigenvalue weighted by Gasteiger charge is 2.38. The normalized spacial score (nSPS) is 21.8. The van der Waals surface area contributed by atoms with Crippen molar-refractivity contribution in [2.75, 3.05) is 26.2 Å². The Morgan fingerprint density at radius 2 is 2.10 bits per heavy atom. The smallest absolute Gasteiger partial charge is 0.283 e. The van der Waals surface area contributed by atoms with Crippen LogP contribution in [0.3, 0.4) is 0 Å². The van der Waals surface area contributed by atoms with Crippen molar-refractivity contribution < 1.29 is 4.92 Å². The molecule has 0 aliphatic carbocycles. The van der Waals surface area contributed by atoms with E-state index in [-0.39, 0.29) is 10.6 Å². The van der Waals surface area contributed by atoms with Crippen LogP contribution in [0.4, 0.5) is 5.69 Å². The van der Waals surface area contributed by atoms with Crippen molar-refractivity contribution in [1.29, 1.82) is 0 Å². The van der Waals surface area contributed by atoms with E-state index in [1.54, 1.807) is 12.1 Å². The van der Waals surface area contributed by atoms with Crippen LogP contribution in [0, 0.1) is 15.5 Å². The Labute approximate surface area is 133 Å². The van der Waals surface area contributed by atoms with Crippen LogP contribution >= 0.6 is 15.9 Å². The van der Waals surface area contributed by atoms with Gasteiger partial charge in [0.15, 0.2) is 0 Å². The number of likely N-dealkylation sites (tertiary alicyclic amines) is 1. The van der Waals surface area contributed by atoms with Gasteiger partial charge in [0.25, 0.3) is 5.69 Å². The summed E-state index contributed by atoms with van der Waals surface area (Å²) in [4.78, 5) is 13.1. The number of hydrogen-bond acceptors (Lipinski definition) is 4. The van der Waals surface area contributed by atoms with E-state index in [2.05, 4.69) is 26.1 Å². The monoisotopic (exact) mass is 353 g/mol.